The maximum absolute atomic E-state index is 12.2. The van der Waals surface area contributed by atoms with E-state index in [1.807, 2.05) is 13.8 Å². The number of furan rings is 1. The molecular weight excluding hydrogens is 384 g/mol. The van der Waals surface area contributed by atoms with Crippen molar-refractivity contribution in [3.8, 4) is 5.95 Å². The first kappa shape index (κ1) is 19.7. The van der Waals surface area contributed by atoms with Gasteiger partial charge in [0, 0.05) is 17.5 Å². The molecule has 0 bridgehead atoms. The van der Waals surface area contributed by atoms with Crippen LogP contribution in [-0.2, 0) is 9.53 Å². The van der Waals surface area contributed by atoms with Crippen LogP contribution in [0.1, 0.15) is 27.6 Å². The highest BCUT2D eigenvalue weighted by Crippen LogP contribution is 2.17. The Bertz CT molecular complexity index is 1080. The molecule has 150 valence electrons. The Labute approximate surface area is 163 Å². The summed E-state index contributed by atoms with van der Waals surface area (Å²) in [4.78, 5) is 42.4. The summed E-state index contributed by atoms with van der Waals surface area (Å²) in [6.45, 7) is 4.72. The van der Waals surface area contributed by atoms with Crippen LogP contribution < -0.4 is 5.32 Å². The first-order chi connectivity index (χ1) is 13.7. The minimum absolute atomic E-state index is 0.283. The van der Waals surface area contributed by atoms with Crippen molar-refractivity contribution in [2.24, 2.45) is 0 Å². The minimum atomic E-state index is -1.00. The van der Waals surface area contributed by atoms with Gasteiger partial charge in [-0.2, -0.15) is 9.78 Å². The molecule has 0 spiro atoms. The van der Waals surface area contributed by atoms with Crippen molar-refractivity contribution >= 4 is 23.6 Å². The maximum atomic E-state index is 12.2. The monoisotopic (exact) mass is 400 g/mol. The second kappa shape index (κ2) is 7.88. The highest BCUT2D eigenvalue weighted by Gasteiger charge is 2.20. The Morgan fingerprint density at radius 2 is 1.86 bits per heavy atom. The SMILES string of the molecule is Cc1cc(C)nc(-n2nc(C)cc2NC(=O)COC(=O)c2ccc([N+](=O)[O-])o2)n1. The number of carbonyl (C=O) groups excluding carboxylic acids is 2. The summed E-state index contributed by atoms with van der Waals surface area (Å²) in [5, 5.41) is 17.4. The third kappa shape index (κ3) is 4.61. The molecule has 0 radical (unpaired) electrons. The third-order valence-electron chi connectivity index (χ3n) is 3.57. The van der Waals surface area contributed by atoms with E-state index in [2.05, 4.69) is 20.4 Å². The number of carbonyl (C=O) groups is 2. The van der Waals surface area contributed by atoms with E-state index in [-0.39, 0.29) is 11.7 Å². The molecule has 1 N–H and O–H groups in total. The van der Waals surface area contributed by atoms with Gasteiger partial charge in [0.25, 0.3) is 11.9 Å². The van der Waals surface area contributed by atoms with Crippen molar-refractivity contribution in [2.75, 3.05) is 11.9 Å². The first-order valence-corrected chi connectivity index (χ1v) is 8.33. The number of anilines is 1. The average Bonchev–Trinajstić information content (AvgIpc) is 3.26. The molecule has 3 heterocycles. The number of nitrogens with zero attached hydrogens (tertiary/aromatic N) is 5. The number of nitrogens with one attached hydrogen (secondary N) is 1. The van der Waals surface area contributed by atoms with Crippen molar-refractivity contribution in [1.29, 1.82) is 0 Å². The standard InChI is InChI=1S/C17H16N6O6/c1-9-6-10(2)19-17(18-9)22-13(7-11(3)21-22)20-14(24)8-28-16(25)12-4-5-15(29-12)23(26)27/h4-7H,8H2,1-3H3,(H,20,24). The van der Waals surface area contributed by atoms with Crippen LogP contribution in [0.3, 0.4) is 0 Å². The van der Waals surface area contributed by atoms with Crippen molar-refractivity contribution in [3.05, 3.63) is 57.2 Å². The summed E-state index contributed by atoms with van der Waals surface area (Å²) in [6, 6.07) is 5.52. The number of hydrogen-bond donors (Lipinski definition) is 1. The lowest BCUT2D eigenvalue weighted by atomic mass is 10.4. The summed E-state index contributed by atoms with van der Waals surface area (Å²) in [6.07, 6.45) is 0. The second-order valence-electron chi connectivity index (χ2n) is 6.05. The number of esters is 1. The molecule has 0 fully saturated rings. The summed E-state index contributed by atoms with van der Waals surface area (Å²) < 4.78 is 10.9. The Morgan fingerprint density at radius 1 is 1.17 bits per heavy atom. The summed E-state index contributed by atoms with van der Waals surface area (Å²) in [5.74, 6) is -2.06. The van der Waals surface area contributed by atoms with Crippen molar-refractivity contribution in [3.63, 3.8) is 0 Å². The highest BCUT2D eigenvalue weighted by atomic mass is 16.7. The van der Waals surface area contributed by atoms with Gasteiger partial charge in [0.2, 0.25) is 5.76 Å². The number of amides is 1. The van der Waals surface area contributed by atoms with Gasteiger partial charge in [-0.15, -0.1) is 0 Å². The van der Waals surface area contributed by atoms with Crippen LogP contribution in [0.4, 0.5) is 11.7 Å². The molecule has 0 saturated heterocycles. The van der Waals surface area contributed by atoms with E-state index in [1.54, 1.807) is 19.1 Å². The normalized spacial score (nSPS) is 10.6. The lowest BCUT2D eigenvalue weighted by molar-refractivity contribution is -0.402. The first-order valence-electron chi connectivity index (χ1n) is 8.33. The number of rotatable bonds is 6. The van der Waals surface area contributed by atoms with Gasteiger partial charge in [-0.05, 0) is 32.9 Å². The molecule has 0 saturated carbocycles. The summed E-state index contributed by atoms with van der Waals surface area (Å²) >= 11 is 0. The van der Waals surface area contributed by atoms with E-state index in [1.165, 1.54) is 4.68 Å². The van der Waals surface area contributed by atoms with Gasteiger partial charge in [-0.1, -0.05) is 0 Å². The molecule has 3 aromatic rings. The quantitative estimate of drug-likeness (QED) is 0.371. The molecule has 12 nitrogen and oxygen atoms in total. The number of aryl methyl sites for hydroxylation is 3. The predicted octanol–water partition coefficient (Wildman–Crippen LogP) is 1.88. The van der Waals surface area contributed by atoms with E-state index < -0.39 is 29.3 Å². The Balaban J connectivity index is 1.68. The van der Waals surface area contributed by atoms with Gasteiger partial charge in [-0.3, -0.25) is 14.9 Å². The zero-order valence-electron chi connectivity index (χ0n) is 15.7. The molecule has 0 aliphatic carbocycles. The molecule has 0 atom stereocenters. The molecular formula is C17H16N6O6. The van der Waals surface area contributed by atoms with Crippen LogP contribution in [0.25, 0.3) is 5.95 Å². The van der Waals surface area contributed by atoms with Gasteiger partial charge >= 0.3 is 11.9 Å². The number of nitro groups is 1. The van der Waals surface area contributed by atoms with Crippen molar-refractivity contribution in [2.45, 2.75) is 20.8 Å². The van der Waals surface area contributed by atoms with Crippen molar-refractivity contribution in [1.82, 2.24) is 19.7 Å². The number of hydrogen-bond acceptors (Lipinski definition) is 9. The molecule has 29 heavy (non-hydrogen) atoms. The van der Waals surface area contributed by atoms with E-state index in [0.29, 0.717) is 11.5 Å². The van der Waals surface area contributed by atoms with Crippen LogP contribution in [0.15, 0.2) is 28.7 Å². The maximum Gasteiger partial charge on any atom is 0.433 e. The average molecular weight is 400 g/mol. The molecule has 0 aromatic carbocycles. The fourth-order valence-electron chi connectivity index (χ4n) is 2.46. The van der Waals surface area contributed by atoms with Crippen LogP contribution in [0.2, 0.25) is 0 Å². The zero-order chi connectivity index (χ0) is 21.1. The fraction of sp³-hybridized carbons (Fsp3) is 0.235. The van der Waals surface area contributed by atoms with E-state index >= 15 is 0 Å². The van der Waals surface area contributed by atoms with Crippen LogP contribution >= 0.6 is 0 Å². The smallest absolute Gasteiger partial charge is 0.433 e. The fourth-order valence-corrected chi connectivity index (χ4v) is 2.46. The lowest BCUT2D eigenvalue weighted by Crippen LogP contribution is -2.22. The van der Waals surface area contributed by atoms with E-state index in [9.17, 15) is 19.7 Å². The molecule has 0 aliphatic rings. The third-order valence-corrected chi connectivity index (χ3v) is 3.57. The summed E-state index contributed by atoms with van der Waals surface area (Å²) in [7, 11) is 0. The minimum Gasteiger partial charge on any atom is -0.450 e. The molecule has 0 aliphatic heterocycles. The van der Waals surface area contributed by atoms with E-state index in [4.69, 9.17) is 9.15 Å². The van der Waals surface area contributed by atoms with Crippen LogP contribution in [-0.4, -0.2) is 43.2 Å². The largest absolute Gasteiger partial charge is 0.450 e. The topological polar surface area (TPSA) is 155 Å². The van der Waals surface area contributed by atoms with Crippen LogP contribution in [0.5, 0.6) is 0 Å². The lowest BCUT2D eigenvalue weighted by Gasteiger charge is -2.09. The molecule has 0 unspecified atom stereocenters. The highest BCUT2D eigenvalue weighted by molar-refractivity contribution is 5.94. The predicted molar refractivity (Wildman–Crippen MR) is 97.6 cm³/mol. The zero-order valence-corrected chi connectivity index (χ0v) is 15.7. The number of ether oxygens (including phenoxy) is 1. The molecule has 3 aromatic heterocycles. The van der Waals surface area contributed by atoms with Gasteiger partial charge in [-0.25, -0.2) is 14.8 Å². The molecule has 1 amide bonds. The van der Waals surface area contributed by atoms with Crippen molar-refractivity contribution < 1.29 is 23.7 Å². The number of aromatic nitrogens is 4. The Kier molecular flexibility index (Phi) is 5.34. The molecule has 12 heteroatoms. The Morgan fingerprint density at radius 3 is 2.48 bits per heavy atom. The van der Waals surface area contributed by atoms with Gasteiger partial charge in [0.15, 0.2) is 6.61 Å². The molecule has 3 rings (SSSR count). The van der Waals surface area contributed by atoms with Gasteiger partial charge in [0.1, 0.15) is 10.7 Å². The van der Waals surface area contributed by atoms with E-state index in [0.717, 1.165) is 23.5 Å². The Hall–Kier alpha value is -4.09. The van der Waals surface area contributed by atoms with Gasteiger partial charge < -0.3 is 14.5 Å². The summed E-state index contributed by atoms with van der Waals surface area (Å²) in [5.41, 5.74) is 2.08. The van der Waals surface area contributed by atoms with Gasteiger partial charge in [0.05, 0.1) is 11.8 Å². The van der Waals surface area contributed by atoms with Crippen LogP contribution in [0, 0.1) is 30.9 Å². The second-order valence-corrected chi connectivity index (χ2v) is 6.05.